The zero-order valence-corrected chi connectivity index (χ0v) is 14.9. The molecule has 0 radical (unpaired) electrons. The van der Waals surface area contributed by atoms with Crippen LogP contribution in [-0.4, -0.2) is 46.7 Å². The first-order valence-corrected chi connectivity index (χ1v) is 10.7. The lowest BCUT2D eigenvalue weighted by atomic mass is 10.2. The van der Waals surface area contributed by atoms with E-state index in [1.807, 2.05) is 17.5 Å². The van der Waals surface area contributed by atoms with Crippen LogP contribution in [0, 0.1) is 4.84 Å². The van der Waals surface area contributed by atoms with Crippen molar-refractivity contribution in [2.75, 3.05) is 11.5 Å². The molecule has 0 aromatic carbocycles. The average molecular weight is 372 g/mol. The molecule has 4 rings (SSSR count). The monoisotopic (exact) mass is 371 g/mol. The summed E-state index contributed by atoms with van der Waals surface area (Å²) in [6.07, 6.45) is 2.92. The molecule has 1 saturated carbocycles. The molecule has 1 atom stereocenters. The molecule has 1 aliphatic heterocycles. The second kappa shape index (κ2) is 5.80. The minimum atomic E-state index is -2.90. The highest BCUT2D eigenvalue weighted by Gasteiger charge is 2.40. The molecule has 1 aliphatic carbocycles. The van der Waals surface area contributed by atoms with Gasteiger partial charge in [0, 0.05) is 12.1 Å². The fraction of sp³-hybridized carbons (Fsp3) is 0.571. The van der Waals surface area contributed by atoms with Crippen LogP contribution in [-0.2, 0) is 16.5 Å². The van der Waals surface area contributed by atoms with Gasteiger partial charge in [-0.1, -0.05) is 6.07 Å². The largest absolute Gasteiger partial charge is 0.408 e. The Hall–Kier alpha value is -1.03. The highest BCUT2D eigenvalue weighted by Crippen LogP contribution is 2.33. The van der Waals surface area contributed by atoms with Gasteiger partial charge in [0.05, 0.1) is 23.1 Å². The van der Waals surface area contributed by atoms with Crippen molar-refractivity contribution in [3.8, 4) is 10.8 Å². The van der Waals surface area contributed by atoms with E-state index in [0.717, 1.165) is 17.7 Å². The van der Waals surface area contributed by atoms with E-state index in [1.165, 1.54) is 0 Å². The Balaban J connectivity index is 1.57. The van der Waals surface area contributed by atoms with Gasteiger partial charge in [0.2, 0.25) is 0 Å². The maximum absolute atomic E-state index is 11.8. The van der Waals surface area contributed by atoms with Crippen molar-refractivity contribution in [3.05, 3.63) is 22.4 Å². The predicted molar refractivity (Wildman–Crippen MR) is 90.6 cm³/mol. The van der Waals surface area contributed by atoms with Gasteiger partial charge in [-0.3, -0.25) is 4.90 Å². The third-order valence-electron chi connectivity index (χ3n) is 4.33. The molecule has 0 spiro atoms. The van der Waals surface area contributed by atoms with Crippen LogP contribution in [0.4, 0.5) is 0 Å². The summed E-state index contributed by atoms with van der Waals surface area (Å²) < 4.78 is 30.8. The molecule has 1 saturated heterocycles. The molecule has 2 aromatic rings. The smallest absolute Gasteiger partial charge is 0.288 e. The molecule has 2 aliphatic rings. The molecule has 9 heteroatoms. The molecular formula is C14H17N3O3S3. The molecule has 2 fully saturated rings. The quantitative estimate of drug-likeness (QED) is 0.753. The number of rotatable bonds is 5. The predicted octanol–water partition coefficient (Wildman–Crippen LogP) is 2.54. The summed E-state index contributed by atoms with van der Waals surface area (Å²) in [5.74, 6) is 1.05. The maximum Gasteiger partial charge on any atom is 0.288 e. The molecule has 0 bridgehead atoms. The minimum absolute atomic E-state index is 0.0660. The molecule has 23 heavy (non-hydrogen) atoms. The van der Waals surface area contributed by atoms with E-state index < -0.39 is 9.84 Å². The number of hydrogen-bond acceptors (Lipinski definition) is 7. The summed E-state index contributed by atoms with van der Waals surface area (Å²) in [4.78, 5) is 3.51. The van der Waals surface area contributed by atoms with Crippen LogP contribution in [0.25, 0.3) is 10.8 Å². The van der Waals surface area contributed by atoms with E-state index in [-0.39, 0.29) is 17.5 Å². The maximum atomic E-state index is 11.8. The lowest BCUT2D eigenvalue weighted by Crippen LogP contribution is -2.39. The molecule has 0 amide bonds. The van der Waals surface area contributed by atoms with E-state index >= 15 is 0 Å². The summed E-state index contributed by atoms with van der Waals surface area (Å²) in [5, 5.41) is 6.44. The Morgan fingerprint density at radius 1 is 1.39 bits per heavy atom. The third kappa shape index (κ3) is 3.28. The molecule has 3 heterocycles. The van der Waals surface area contributed by atoms with Gasteiger partial charge < -0.3 is 4.42 Å². The van der Waals surface area contributed by atoms with Crippen molar-refractivity contribution >= 4 is 33.4 Å². The van der Waals surface area contributed by atoms with Gasteiger partial charge in [-0.15, -0.1) is 16.4 Å². The highest BCUT2D eigenvalue weighted by atomic mass is 32.2. The number of sulfone groups is 1. The summed E-state index contributed by atoms with van der Waals surface area (Å²) in [7, 11) is -2.90. The van der Waals surface area contributed by atoms with Gasteiger partial charge in [-0.25, -0.2) is 13.1 Å². The first kappa shape index (κ1) is 15.5. The van der Waals surface area contributed by atoms with Gasteiger partial charge in [0.1, 0.15) is 0 Å². The number of aromatic nitrogens is 2. The summed E-state index contributed by atoms with van der Waals surface area (Å²) in [6, 6.07) is 4.39. The number of thiophene rings is 1. The van der Waals surface area contributed by atoms with Crippen molar-refractivity contribution in [1.29, 1.82) is 0 Å². The van der Waals surface area contributed by atoms with Crippen LogP contribution in [0.5, 0.6) is 0 Å². The SMILES string of the molecule is O=S1(=O)CCC(N(Cn2nc(-c3cccs3)oc2=S)C2CC2)C1. The van der Waals surface area contributed by atoms with Crippen molar-refractivity contribution in [2.45, 2.75) is 38.0 Å². The van der Waals surface area contributed by atoms with Gasteiger partial charge >= 0.3 is 0 Å². The molecular weight excluding hydrogens is 354 g/mol. The third-order valence-corrected chi connectivity index (χ3v) is 7.23. The van der Waals surface area contributed by atoms with Crippen LogP contribution >= 0.6 is 23.6 Å². The van der Waals surface area contributed by atoms with E-state index in [0.29, 0.717) is 29.9 Å². The lowest BCUT2D eigenvalue weighted by molar-refractivity contribution is 0.143. The Kier molecular flexibility index (Phi) is 3.91. The van der Waals surface area contributed by atoms with Crippen molar-refractivity contribution in [3.63, 3.8) is 0 Å². The molecule has 0 N–H and O–H groups in total. The van der Waals surface area contributed by atoms with Gasteiger partial charge in [-0.05, 0) is 42.9 Å². The fourth-order valence-electron chi connectivity index (χ4n) is 3.02. The average Bonchev–Trinajstić information content (AvgIpc) is 2.91. The molecule has 124 valence electrons. The van der Waals surface area contributed by atoms with Crippen LogP contribution in [0.15, 0.2) is 21.9 Å². The van der Waals surface area contributed by atoms with Crippen molar-refractivity contribution in [1.82, 2.24) is 14.7 Å². The summed E-state index contributed by atoms with van der Waals surface area (Å²) >= 11 is 6.84. The minimum Gasteiger partial charge on any atom is -0.408 e. The fourth-order valence-corrected chi connectivity index (χ4v) is 5.59. The number of hydrogen-bond donors (Lipinski definition) is 0. The Morgan fingerprint density at radius 2 is 2.22 bits per heavy atom. The highest BCUT2D eigenvalue weighted by molar-refractivity contribution is 7.91. The zero-order chi connectivity index (χ0) is 16.0. The first-order valence-electron chi connectivity index (χ1n) is 7.60. The Morgan fingerprint density at radius 3 is 2.83 bits per heavy atom. The molecule has 2 aromatic heterocycles. The Labute approximate surface area is 143 Å². The normalized spacial score (nSPS) is 23.6. The second-order valence-electron chi connectivity index (χ2n) is 6.09. The van der Waals surface area contributed by atoms with Crippen LogP contribution in [0.3, 0.4) is 0 Å². The van der Waals surface area contributed by atoms with Gasteiger partial charge in [0.15, 0.2) is 9.84 Å². The van der Waals surface area contributed by atoms with Crippen LogP contribution in [0.2, 0.25) is 0 Å². The second-order valence-corrected chi connectivity index (χ2v) is 9.62. The van der Waals surface area contributed by atoms with Crippen LogP contribution < -0.4 is 0 Å². The zero-order valence-electron chi connectivity index (χ0n) is 12.4. The van der Waals surface area contributed by atoms with Crippen molar-refractivity contribution < 1.29 is 12.8 Å². The van der Waals surface area contributed by atoms with E-state index in [4.69, 9.17) is 16.6 Å². The van der Waals surface area contributed by atoms with Crippen molar-refractivity contribution in [2.24, 2.45) is 0 Å². The summed E-state index contributed by atoms with van der Waals surface area (Å²) in [6.45, 7) is 0.499. The van der Waals surface area contributed by atoms with E-state index in [9.17, 15) is 8.42 Å². The van der Waals surface area contributed by atoms with Crippen LogP contribution in [0.1, 0.15) is 19.3 Å². The standard InChI is InChI=1S/C14H17N3O3S3/c18-23(19)7-5-11(8-23)16(10-3-4-10)9-17-14(21)20-13(15-17)12-2-1-6-22-12/h1-2,6,10-11H,3-5,7-9H2. The van der Waals surface area contributed by atoms with E-state index in [1.54, 1.807) is 16.0 Å². The topological polar surface area (TPSA) is 68.3 Å². The van der Waals surface area contributed by atoms with E-state index in [2.05, 4.69) is 10.00 Å². The lowest BCUT2D eigenvalue weighted by Gasteiger charge is -2.27. The van der Waals surface area contributed by atoms with Gasteiger partial charge in [0.25, 0.3) is 10.7 Å². The van der Waals surface area contributed by atoms with Gasteiger partial charge in [-0.2, -0.15) is 0 Å². The Bertz CT molecular complexity index is 849. The first-order chi connectivity index (χ1) is 11.0. The molecule has 6 nitrogen and oxygen atoms in total. The summed E-state index contributed by atoms with van der Waals surface area (Å²) in [5.41, 5.74) is 0. The molecule has 1 unspecified atom stereocenters. The number of nitrogens with zero attached hydrogens (tertiary/aromatic N) is 3.